The number of benzene rings is 1. The van der Waals surface area contributed by atoms with E-state index in [2.05, 4.69) is 29.6 Å². The van der Waals surface area contributed by atoms with Gasteiger partial charge < -0.3 is 5.32 Å². The van der Waals surface area contributed by atoms with Crippen molar-refractivity contribution in [2.24, 2.45) is 0 Å². The number of sulfone groups is 1. The van der Waals surface area contributed by atoms with Crippen LogP contribution in [-0.2, 0) is 15.6 Å². The molecule has 0 radical (unpaired) electrons. The molecule has 1 fully saturated rings. The van der Waals surface area contributed by atoms with Crippen molar-refractivity contribution in [3.05, 3.63) is 35.4 Å². The van der Waals surface area contributed by atoms with E-state index in [1.807, 2.05) is 18.7 Å². The van der Waals surface area contributed by atoms with Gasteiger partial charge in [-0.05, 0) is 24.5 Å². The fourth-order valence-corrected chi connectivity index (χ4v) is 6.25. The smallest absolute Gasteiger partial charge is 0.152 e. The number of rotatable bonds is 2. The minimum atomic E-state index is -2.85. The number of hydrogen-bond acceptors (Lipinski definition) is 4. The minimum absolute atomic E-state index is 0.267. The number of thioether (sulfide) groups is 1. The summed E-state index contributed by atoms with van der Waals surface area (Å²) in [5, 5.41) is 3.61. The highest BCUT2D eigenvalue weighted by Gasteiger charge is 2.40. The standard InChI is InChI=1S/C14H19NO2S2/c1-14(6-7-19(16,17)10-14)15-13-9-18-8-11-4-2-3-5-12(11)13/h2-5,13,15H,6-10H2,1H3. The molecule has 0 amide bonds. The lowest BCUT2D eigenvalue weighted by Gasteiger charge is -2.34. The van der Waals surface area contributed by atoms with Crippen LogP contribution in [0.1, 0.15) is 30.5 Å². The second kappa shape index (κ2) is 4.79. The van der Waals surface area contributed by atoms with Gasteiger partial charge >= 0.3 is 0 Å². The lowest BCUT2D eigenvalue weighted by molar-refractivity contribution is 0.356. The van der Waals surface area contributed by atoms with E-state index in [-0.39, 0.29) is 17.3 Å². The average Bonchev–Trinajstić information content (AvgIpc) is 2.64. The third-order valence-electron chi connectivity index (χ3n) is 4.00. The Morgan fingerprint density at radius 2 is 2.16 bits per heavy atom. The minimum Gasteiger partial charge on any atom is -0.303 e. The van der Waals surface area contributed by atoms with E-state index >= 15 is 0 Å². The molecule has 1 aromatic rings. The maximum absolute atomic E-state index is 11.7. The Bertz CT molecular complexity index is 585. The SMILES string of the molecule is CC1(NC2CSCc3ccccc32)CCS(=O)(=O)C1. The van der Waals surface area contributed by atoms with Crippen molar-refractivity contribution in [3.8, 4) is 0 Å². The van der Waals surface area contributed by atoms with Crippen LogP contribution < -0.4 is 5.32 Å². The second-order valence-corrected chi connectivity index (χ2v) is 9.03. The Balaban J connectivity index is 1.82. The normalized spacial score (nSPS) is 33.0. The van der Waals surface area contributed by atoms with Gasteiger partial charge in [0.25, 0.3) is 0 Å². The van der Waals surface area contributed by atoms with Gasteiger partial charge in [0.2, 0.25) is 0 Å². The summed E-state index contributed by atoms with van der Waals surface area (Å²) >= 11 is 1.92. The number of nitrogens with one attached hydrogen (secondary N) is 1. The second-order valence-electron chi connectivity index (χ2n) is 5.81. The first-order valence-electron chi connectivity index (χ1n) is 6.61. The van der Waals surface area contributed by atoms with Crippen LogP contribution in [0.15, 0.2) is 24.3 Å². The van der Waals surface area contributed by atoms with Gasteiger partial charge in [0.15, 0.2) is 9.84 Å². The van der Waals surface area contributed by atoms with Gasteiger partial charge in [-0.1, -0.05) is 24.3 Å². The molecule has 0 bridgehead atoms. The molecule has 0 aromatic heterocycles. The summed E-state index contributed by atoms with van der Waals surface area (Å²) in [7, 11) is -2.85. The summed E-state index contributed by atoms with van der Waals surface area (Å²) in [6, 6.07) is 8.75. The van der Waals surface area contributed by atoms with Crippen LogP contribution in [0.5, 0.6) is 0 Å². The van der Waals surface area contributed by atoms with Crippen LogP contribution in [-0.4, -0.2) is 31.2 Å². The molecule has 3 rings (SSSR count). The summed E-state index contributed by atoms with van der Waals surface area (Å²) < 4.78 is 23.4. The fourth-order valence-electron chi connectivity index (χ4n) is 3.05. The molecule has 0 aliphatic carbocycles. The third-order valence-corrected chi connectivity index (χ3v) is 6.99. The van der Waals surface area contributed by atoms with Crippen molar-refractivity contribution < 1.29 is 8.42 Å². The molecule has 19 heavy (non-hydrogen) atoms. The summed E-state index contributed by atoms with van der Waals surface area (Å²) in [5.41, 5.74) is 2.45. The number of fused-ring (bicyclic) bond motifs is 1. The first kappa shape index (κ1) is 13.5. The van der Waals surface area contributed by atoms with Crippen LogP contribution in [0.2, 0.25) is 0 Å². The Hall–Kier alpha value is -0.520. The molecule has 2 aliphatic rings. The van der Waals surface area contributed by atoms with Crippen molar-refractivity contribution in [2.75, 3.05) is 17.3 Å². The lowest BCUT2D eigenvalue weighted by atomic mass is 9.96. The third kappa shape index (κ3) is 2.83. The predicted octanol–water partition coefficient (Wildman–Crippen LogP) is 2.14. The molecule has 2 aliphatic heterocycles. The van der Waals surface area contributed by atoms with Gasteiger partial charge in [-0.15, -0.1) is 0 Å². The highest BCUT2D eigenvalue weighted by molar-refractivity contribution is 7.98. The van der Waals surface area contributed by atoms with Crippen LogP contribution in [0.4, 0.5) is 0 Å². The molecule has 104 valence electrons. The number of hydrogen-bond donors (Lipinski definition) is 1. The summed E-state index contributed by atoms with van der Waals surface area (Å²) in [4.78, 5) is 0. The Morgan fingerprint density at radius 1 is 1.37 bits per heavy atom. The quantitative estimate of drug-likeness (QED) is 0.908. The van der Waals surface area contributed by atoms with E-state index in [4.69, 9.17) is 0 Å². The van der Waals surface area contributed by atoms with Gasteiger partial charge in [-0.25, -0.2) is 8.42 Å². The van der Waals surface area contributed by atoms with Gasteiger partial charge in [-0.3, -0.25) is 0 Å². The van der Waals surface area contributed by atoms with E-state index in [1.54, 1.807) is 0 Å². The van der Waals surface area contributed by atoms with Gasteiger partial charge in [0.05, 0.1) is 11.5 Å². The molecule has 1 aromatic carbocycles. The topological polar surface area (TPSA) is 46.2 Å². The predicted molar refractivity (Wildman–Crippen MR) is 80.2 cm³/mol. The highest BCUT2D eigenvalue weighted by atomic mass is 32.2. The van der Waals surface area contributed by atoms with Crippen LogP contribution >= 0.6 is 11.8 Å². The van der Waals surface area contributed by atoms with Crippen molar-refractivity contribution >= 4 is 21.6 Å². The largest absolute Gasteiger partial charge is 0.303 e. The summed E-state index contributed by atoms with van der Waals surface area (Å²) in [6.07, 6.45) is 0.721. The molecule has 3 nitrogen and oxygen atoms in total. The van der Waals surface area contributed by atoms with Gasteiger partial charge in [0.1, 0.15) is 0 Å². The Morgan fingerprint density at radius 3 is 2.89 bits per heavy atom. The molecule has 1 saturated heterocycles. The van der Waals surface area contributed by atoms with E-state index in [0.29, 0.717) is 5.75 Å². The lowest BCUT2D eigenvalue weighted by Crippen LogP contribution is -2.46. The molecular weight excluding hydrogens is 278 g/mol. The summed E-state index contributed by atoms with van der Waals surface area (Å²) in [5.74, 6) is 2.66. The van der Waals surface area contributed by atoms with Crippen molar-refractivity contribution in [3.63, 3.8) is 0 Å². The molecule has 0 spiro atoms. The molecule has 5 heteroatoms. The molecule has 1 N–H and O–H groups in total. The van der Waals surface area contributed by atoms with Gasteiger partial charge in [0, 0.05) is 23.1 Å². The molecule has 2 atom stereocenters. The maximum atomic E-state index is 11.7. The van der Waals surface area contributed by atoms with Crippen LogP contribution in [0.25, 0.3) is 0 Å². The maximum Gasteiger partial charge on any atom is 0.152 e. The molecule has 2 unspecified atom stereocenters. The Labute approximate surface area is 119 Å². The van der Waals surface area contributed by atoms with E-state index in [1.165, 1.54) is 11.1 Å². The zero-order chi connectivity index (χ0) is 13.5. The van der Waals surface area contributed by atoms with E-state index in [0.717, 1.165) is 17.9 Å². The zero-order valence-corrected chi connectivity index (χ0v) is 12.7. The van der Waals surface area contributed by atoms with E-state index in [9.17, 15) is 8.42 Å². The first-order chi connectivity index (χ1) is 8.98. The van der Waals surface area contributed by atoms with E-state index < -0.39 is 9.84 Å². The zero-order valence-electron chi connectivity index (χ0n) is 11.1. The van der Waals surface area contributed by atoms with Gasteiger partial charge in [-0.2, -0.15) is 11.8 Å². The van der Waals surface area contributed by atoms with Crippen molar-refractivity contribution in [1.29, 1.82) is 0 Å². The Kier molecular flexibility index (Phi) is 3.39. The van der Waals surface area contributed by atoms with Crippen molar-refractivity contribution in [1.82, 2.24) is 5.32 Å². The molecule has 0 saturated carbocycles. The molecular formula is C14H19NO2S2. The first-order valence-corrected chi connectivity index (χ1v) is 9.59. The average molecular weight is 297 g/mol. The highest BCUT2D eigenvalue weighted by Crippen LogP contribution is 2.34. The fraction of sp³-hybridized carbons (Fsp3) is 0.571. The van der Waals surface area contributed by atoms with Crippen molar-refractivity contribution in [2.45, 2.75) is 30.7 Å². The molecule has 2 heterocycles. The van der Waals surface area contributed by atoms with Crippen LogP contribution in [0, 0.1) is 0 Å². The van der Waals surface area contributed by atoms with Crippen LogP contribution in [0.3, 0.4) is 0 Å². The summed E-state index contributed by atoms with van der Waals surface area (Å²) in [6.45, 7) is 2.04. The monoisotopic (exact) mass is 297 g/mol.